The third-order valence-electron chi connectivity index (χ3n) is 3.18. The highest BCUT2D eigenvalue weighted by molar-refractivity contribution is 5.93. The van der Waals surface area contributed by atoms with Crippen molar-refractivity contribution < 1.29 is 9.53 Å². The minimum Gasteiger partial charge on any atom is -0.481 e. The second kappa shape index (κ2) is 7.27. The summed E-state index contributed by atoms with van der Waals surface area (Å²) in [4.78, 5) is 18.2. The molecule has 1 atom stereocenters. The molecule has 0 fully saturated rings. The molecule has 0 aliphatic heterocycles. The summed E-state index contributed by atoms with van der Waals surface area (Å²) in [5.41, 5.74) is 1.49. The molecule has 0 radical (unpaired) electrons. The van der Waals surface area contributed by atoms with Crippen LogP contribution in [-0.4, -0.2) is 31.1 Å². The van der Waals surface area contributed by atoms with Crippen molar-refractivity contribution in [2.75, 3.05) is 24.3 Å². The maximum absolute atomic E-state index is 12.1. The second-order valence-corrected chi connectivity index (χ2v) is 5.18. The maximum Gasteiger partial charge on any atom is 0.266 e. The minimum atomic E-state index is -0.682. The quantitative estimate of drug-likeness (QED) is 0.917. The Morgan fingerprint density at radius 1 is 1.26 bits per heavy atom. The Balaban J connectivity index is 1.95. The third kappa shape index (κ3) is 4.45. The predicted octanol–water partition coefficient (Wildman–Crippen LogP) is 2.43. The van der Waals surface area contributed by atoms with Gasteiger partial charge in [0, 0.05) is 14.1 Å². The fourth-order valence-electron chi connectivity index (χ4n) is 1.82. The van der Waals surface area contributed by atoms with Gasteiger partial charge in [-0.05, 0) is 43.3 Å². The lowest BCUT2D eigenvalue weighted by Crippen LogP contribution is -2.30. The van der Waals surface area contributed by atoms with Gasteiger partial charge in [-0.1, -0.05) is 0 Å². The summed E-state index contributed by atoms with van der Waals surface area (Å²) in [6, 6.07) is 12.2. The van der Waals surface area contributed by atoms with Crippen molar-refractivity contribution in [1.82, 2.24) is 4.98 Å². The summed E-state index contributed by atoms with van der Waals surface area (Å²) in [5.74, 6) is 0.706. The van der Waals surface area contributed by atoms with E-state index in [9.17, 15) is 4.79 Å². The predicted molar refractivity (Wildman–Crippen MR) is 88.4 cm³/mol. The largest absolute Gasteiger partial charge is 0.481 e. The lowest BCUT2D eigenvalue weighted by atomic mass is 10.2. The van der Waals surface area contributed by atoms with E-state index in [1.807, 2.05) is 31.1 Å². The number of anilines is 2. The molecule has 23 heavy (non-hydrogen) atoms. The van der Waals surface area contributed by atoms with Crippen LogP contribution in [0.15, 0.2) is 42.6 Å². The number of pyridine rings is 1. The molecule has 0 saturated carbocycles. The molecule has 2 rings (SSSR count). The number of nitriles is 1. The molecule has 0 spiro atoms. The minimum absolute atomic E-state index is 0.292. The first kappa shape index (κ1) is 16.3. The van der Waals surface area contributed by atoms with Crippen LogP contribution in [0.25, 0.3) is 0 Å². The Labute approximate surface area is 135 Å². The van der Waals surface area contributed by atoms with Crippen LogP contribution in [0.4, 0.5) is 11.5 Å². The maximum atomic E-state index is 12.1. The van der Waals surface area contributed by atoms with Crippen LogP contribution >= 0.6 is 0 Å². The van der Waals surface area contributed by atoms with Crippen molar-refractivity contribution in [2.45, 2.75) is 13.0 Å². The van der Waals surface area contributed by atoms with E-state index >= 15 is 0 Å². The molecule has 1 aromatic carbocycles. The van der Waals surface area contributed by atoms with Crippen molar-refractivity contribution >= 4 is 17.4 Å². The van der Waals surface area contributed by atoms with E-state index in [0.29, 0.717) is 17.1 Å². The summed E-state index contributed by atoms with van der Waals surface area (Å²) in [5, 5.41) is 11.5. The van der Waals surface area contributed by atoms with Crippen LogP contribution in [-0.2, 0) is 4.79 Å². The molecule has 0 aliphatic carbocycles. The summed E-state index contributed by atoms with van der Waals surface area (Å²) < 4.78 is 5.55. The van der Waals surface area contributed by atoms with Gasteiger partial charge in [-0.3, -0.25) is 4.79 Å². The van der Waals surface area contributed by atoms with Crippen LogP contribution in [0.5, 0.6) is 5.75 Å². The smallest absolute Gasteiger partial charge is 0.266 e. The zero-order valence-corrected chi connectivity index (χ0v) is 13.3. The van der Waals surface area contributed by atoms with Crippen LogP contribution < -0.4 is 15.0 Å². The van der Waals surface area contributed by atoms with Crippen LogP contribution in [0, 0.1) is 11.3 Å². The van der Waals surface area contributed by atoms with Gasteiger partial charge in [0.05, 0.1) is 23.5 Å². The Bertz CT molecular complexity index is 703. The molecule has 118 valence electrons. The number of amides is 1. The summed E-state index contributed by atoms with van der Waals surface area (Å²) >= 11 is 0. The average Bonchev–Trinajstić information content (AvgIpc) is 2.56. The number of aromatic nitrogens is 1. The van der Waals surface area contributed by atoms with Crippen molar-refractivity contribution in [3.8, 4) is 11.8 Å². The highest BCUT2D eigenvalue weighted by Crippen LogP contribution is 2.15. The molecule has 1 N–H and O–H groups in total. The van der Waals surface area contributed by atoms with Crippen molar-refractivity contribution in [2.24, 2.45) is 0 Å². The molecular formula is C17H18N4O2. The number of benzene rings is 1. The van der Waals surface area contributed by atoms with Gasteiger partial charge in [0.15, 0.2) is 6.10 Å². The first-order chi connectivity index (χ1) is 11.0. The van der Waals surface area contributed by atoms with Crippen LogP contribution in [0.3, 0.4) is 0 Å². The van der Waals surface area contributed by atoms with E-state index in [-0.39, 0.29) is 5.91 Å². The summed E-state index contributed by atoms with van der Waals surface area (Å²) in [6.45, 7) is 1.65. The number of rotatable bonds is 5. The molecule has 6 heteroatoms. The van der Waals surface area contributed by atoms with Gasteiger partial charge in [0.25, 0.3) is 5.91 Å². The number of nitrogens with one attached hydrogen (secondary N) is 1. The molecule has 6 nitrogen and oxygen atoms in total. The summed E-state index contributed by atoms with van der Waals surface area (Å²) in [7, 11) is 3.84. The first-order valence-corrected chi connectivity index (χ1v) is 7.10. The Morgan fingerprint density at radius 3 is 2.48 bits per heavy atom. The number of hydrogen-bond donors (Lipinski definition) is 1. The van der Waals surface area contributed by atoms with Gasteiger partial charge >= 0.3 is 0 Å². The summed E-state index contributed by atoms with van der Waals surface area (Å²) in [6.07, 6.45) is 1.00. The normalized spacial score (nSPS) is 11.2. The second-order valence-electron chi connectivity index (χ2n) is 5.18. The van der Waals surface area contributed by atoms with Gasteiger partial charge in [-0.2, -0.15) is 5.26 Å². The first-order valence-electron chi connectivity index (χ1n) is 7.10. The highest BCUT2D eigenvalue weighted by Gasteiger charge is 2.15. The Morgan fingerprint density at radius 2 is 1.96 bits per heavy atom. The molecular weight excluding hydrogens is 292 g/mol. The lowest BCUT2D eigenvalue weighted by molar-refractivity contribution is -0.122. The van der Waals surface area contributed by atoms with Gasteiger partial charge < -0.3 is 15.0 Å². The van der Waals surface area contributed by atoms with E-state index in [0.717, 1.165) is 5.69 Å². The van der Waals surface area contributed by atoms with Crippen LogP contribution in [0.1, 0.15) is 12.5 Å². The van der Waals surface area contributed by atoms with Gasteiger partial charge in [-0.25, -0.2) is 4.98 Å². The SMILES string of the molecule is CC(Oc1ccc(C#N)cc1)C(=O)Nc1ccc(N(C)C)cn1. The number of carbonyl (C=O) groups excluding carboxylic acids is 1. The number of ether oxygens (including phenoxy) is 1. The molecule has 1 aromatic heterocycles. The molecule has 1 heterocycles. The Kier molecular flexibility index (Phi) is 5.15. The topological polar surface area (TPSA) is 78.2 Å². The molecule has 0 aliphatic rings. The molecule has 2 aromatic rings. The molecule has 1 unspecified atom stereocenters. The number of carbonyl (C=O) groups is 1. The van der Waals surface area contributed by atoms with Gasteiger partial charge in [0.2, 0.25) is 0 Å². The van der Waals surface area contributed by atoms with E-state index in [1.165, 1.54) is 0 Å². The molecule has 1 amide bonds. The fourth-order valence-corrected chi connectivity index (χ4v) is 1.82. The highest BCUT2D eigenvalue weighted by atomic mass is 16.5. The van der Waals surface area contributed by atoms with E-state index < -0.39 is 6.10 Å². The number of nitrogens with zero attached hydrogens (tertiary/aromatic N) is 3. The van der Waals surface area contributed by atoms with E-state index in [2.05, 4.69) is 10.3 Å². The molecule has 0 bridgehead atoms. The lowest BCUT2D eigenvalue weighted by Gasteiger charge is -2.15. The van der Waals surface area contributed by atoms with Gasteiger partial charge in [0.1, 0.15) is 11.6 Å². The van der Waals surface area contributed by atoms with E-state index in [4.69, 9.17) is 10.00 Å². The standard InChI is InChI=1S/C17H18N4O2/c1-12(23-15-7-4-13(10-18)5-8-15)17(22)20-16-9-6-14(11-19-16)21(2)3/h4-9,11-12H,1-3H3,(H,19,20,22). The van der Waals surface area contributed by atoms with Crippen molar-refractivity contribution in [3.05, 3.63) is 48.2 Å². The zero-order valence-electron chi connectivity index (χ0n) is 13.3. The number of hydrogen-bond acceptors (Lipinski definition) is 5. The monoisotopic (exact) mass is 310 g/mol. The fraction of sp³-hybridized carbons (Fsp3) is 0.235. The van der Waals surface area contributed by atoms with Gasteiger partial charge in [-0.15, -0.1) is 0 Å². The average molecular weight is 310 g/mol. The van der Waals surface area contributed by atoms with Crippen molar-refractivity contribution in [1.29, 1.82) is 5.26 Å². The van der Waals surface area contributed by atoms with Crippen LogP contribution in [0.2, 0.25) is 0 Å². The molecule has 0 saturated heterocycles. The van der Waals surface area contributed by atoms with E-state index in [1.54, 1.807) is 43.5 Å². The zero-order chi connectivity index (χ0) is 16.8. The van der Waals surface area contributed by atoms with Crippen molar-refractivity contribution in [3.63, 3.8) is 0 Å². The Hall–Kier alpha value is -3.07. The third-order valence-corrected chi connectivity index (χ3v) is 3.18.